The molecule has 7 nitrogen and oxygen atoms in total. The SMILES string of the molecule is CCCSCc1cc(=O)[nH]c(SCC(=O)Nc2nnc(C)s2)n1. The van der Waals surface area contributed by atoms with Crippen LogP contribution in [0.2, 0.25) is 0 Å². The third-order valence-corrected chi connectivity index (χ3v) is 5.31. The van der Waals surface area contributed by atoms with E-state index in [0.29, 0.717) is 16.0 Å². The molecule has 0 fully saturated rings. The van der Waals surface area contributed by atoms with Crippen LogP contribution in [0.15, 0.2) is 16.0 Å². The van der Waals surface area contributed by atoms with E-state index in [9.17, 15) is 9.59 Å². The summed E-state index contributed by atoms with van der Waals surface area (Å²) in [4.78, 5) is 30.5. The number of anilines is 1. The number of carbonyl (C=O) groups is 1. The number of nitrogens with one attached hydrogen (secondary N) is 2. The number of hydrogen-bond acceptors (Lipinski definition) is 8. The maximum absolute atomic E-state index is 11.9. The van der Waals surface area contributed by atoms with Gasteiger partial charge in [-0.15, -0.1) is 10.2 Å². The molecule has 0 radical (unpaired) electrons. The van der Waals surface area contributed by atoms with E-state index < -0.39 is 0 Å². The van der Waals surface area contributed by atoms with Crippen molar-refractivity contribution in [1.29, 1.82) is 0 Å². The zero-order valence-corrected chi connectivity index (χ0v) is 15.2. The second-order valence-electron chi connectivity index (χ2n) is 4.56. The van der Waals surface area contributed by atoms with Crippen LogP contribution >= 0.6 is 34.9 Å². The molecule has 2 heterocycles. The van der Waals surface area contributed by atoms with E-state index in [1.54, 1.807) is 11.8 Å². The molecule has 0 saturated heterocycles. The predicted octanol–water partition coefficient (Wildman–Crippen LogP) is 2.30. The van der Waals surface area contributed by atoms with Crippen LogP contribution in [0.25, 0.3) is 0 Å². The van der Waals surface area contributed by atoms with E-state index in [1.807, 2.05) is 6.92 Å². The second-order valence-corrected chi connectivity index (χ2v) is 7.81. The molecule has 0 aromatic carbocycles. The minimum Gasteiger partial charge on any atom is -0.301 e. The summed E-state index contributed by atoms with van der Waals surface area (Å²) in [5.41, 5.74) is 0.532. The Morgan fingerprint density at radius 1 is 1.43 bits per heavy atom. The smallest absolute Gasteiger partial charge is 0.251 e. The van der Waals surface area contributed by atoms with Crippen LogP contribution in [0.1, 0.15) is 24.0 Å². The standard InChI is InChI=1S/C13H17N5O2S3/c1-3-4-21-6-9-5-10(19)15-12(14-9)22-7-11(20)16-13-18-17-8(2)23-13/h5H,3-4,6-7H2,1-2H3,(H,14,15,19)(H,16,18,20). The lowest BCUT2D eigenvalue weighted by Gasteiger charge is -2.04. The van der Waals surface area contributed by atoms with Crippen LogP contribution in [0.5, 0.6) is 0 Å². The van der Waals surface area contributed by atoms with Gasteiger partial charge in [-0.05, 0) is 19.1 Å². The monoisotopic (exact) mass is 371 g/mol. The molecule has 10 heteroatoms. The van der Waals surface area contributed by atoms with Gasteiger partial charge < -0.3 is 4.98 Å². The first kappa shape index (κ1) is 18.0. The van der Waals surface area contributed by atoms with Gasteiger partial charge >= 0.3 is 0 Å². The van der Waals surface area contributed by atoms with Gasteiger partial charge in [-0.1, -0.05) is 30.0 Å². The number of aromatic amines is 1. The van der Waals surface area contributed by atoms with Crippen molar-refractivity contribution in [3.8, 4) is 0 Å². The van der Waals surface area contributed by atoms with Crippen molar-refractivity contribution >= 4 is 45.9 Å². The number of aromatic nitrogens is 4. The molecule has 23 heavy (non-hydrogen) atoms. The van der Waals surface area contributed by atoms with Crippen molar-refractivity contribution in [2.75, 3.05) is 16.8 Å². The molecule has 0 aliphatic rings. The summed E-state index contributed by atoms with van der Waals surface area (Å²) in [5, 5.41) is 12.0. The van der Waals surface area contributed by atoms with Gasteiger partial charge in [-0.25, -0.2) is 4.98 Å². The zero-order valence-electron chi connectivity index (χ0n) is 12.8. The lowest BCUT2D eigenvalue weighted by atomic mass is 10.5. The van der Waals surface area contributed by atoms with Crippen molar-refractivity contribution in [3.05, 3.63) is 27.1 Å². The Hall–Kier alpha value is -1.39. The topological polar surface area (TPSA) is 101 Å². The van der Waals surface area contributed by atoms with Crippen LogP contribution in [-0.2, 0) is 10.5 Å². The maximum Gasteiger partial charge on any atom is 0.251 e. The van der Waals surface area contributed by atoms with Gasteiger partial charge in [0.1, 0.15) is 5.01 Å². The minimum absolute atomic E-state index is 0.146. The molecule has 0 saturated carbocycles. The number of H-pyrrole nitrogens is 1. The van der Waals surface area contributed by atoms with Crippen molar-refractivity contribution in [1.82, 2.24) is 20.2 Å². The molecule has 2 aromatic heterocycles. The molecule has 2 aromatic rings. The number of amides is 1. The average molecular weight is 372 g/mol. The van der Waals surface area contributed by atoms with Gasteiger partial charge in [0.15, 0.2) is 5.16 Å². The molecule has 0 aliphatic heterocycles. The van der Waals surface area contributed by atoms with Gasteiger partial charge in [-0.3, -0.25) is 14.9 Å². The van der Waals surface area contributed by atoms with E-state index in [4.69, 9.17) is 0 Å². The fourth-order valence-corrected chi connectivity index (χ4v) is 3.68. The summed E-state index contributed by atoms with van der Waals surface area (Å²) in [6, 6.07) is 1.50. The Balaban J connectivity index is 1.89. The van der Waals surface area contributed by atoms with Gasteiger partial charge in [0.25, 0.3) is 5.56 Å². The normalized spacial score (nSPS) is 10.7. The first-order valence-corrected chi connectivity index (χ1v) is 9.93. The highest BCUT2D eigenvalue weighted by Crippen LogP contribution is 2.17. The average Bonchev–Trinajstić information content (AvgIpc) is 2.90. The van der Waals surface area contributed by atoms with Crippen LogP contribution in [0.3, 0.4) is 0 Å². The van der Waals surface area contributed by atoms with E-state index in [0.717, 1.165) is 22.9 Å². The molecule has 2 N–H and O–H groups in total. The first-order valence-electron chi connectivity index (χ1n) is 6.97. The Morgan fingerprint density at radius 2 is 2.26 bits per heavy atom. The van der Waals surface area contributed by atoms with E-state index in [1.165, 1.54) is 29.2 Å². The number of nitrogens with zero attached hydrogens (tertiary/aromatic N) is 3. The fourth-order valence-electron chi connectivity index (χ4n) is 1.58. The van der Waals surface area contributed by atoms with Crippen LogP contribution < -0.4 is 10.9 Å². The molecule has 0 atom stereocenters. The Labute approximate surface area is 146 Å². The van der Waals surface area contributed by atoms with Gasteiger partial charge in [0.2, 0.25) is 11.0 Å². The lowest BCUT2D eigenvalue weighted by molar-refractivity contribution is -0.113. The van der Waals surface area contributed by atoms with Crippen LogP contribution in [-0.4, -0.2) is 37.6 Å². The Bertz CT molecular complexity index is 716. The highest BCUT2D eigenvalue weighted by molar-refractivity contribution is 7.99. The molecule has 0 unspecified atom stereocenters. The fraction of sp³-hybridized carbons (Fsp3) is 0.462. The molecule has 0 aliphatic carbocycles. The third kappa shape index (κ3) is 6.32. The van der Waals surface area contributed by atoms with Crippen molar-refractivity contribution in [3.63, 3.8) is 0 Å². The molecule has 0 spiro atoms. The Morgan fingerprint density at radius 3 is 2.96 bits per heavy atom. The summed E-state index contributed by atoms with van der Waals surface area (Å²) in [5.74, 6) is 1.66. The number of hydrogen-bond donors (Lipinski definition) is 2. The highest BCUT2D eigenvalue weighted by Gasteiger charge is 2.09. The van der Waals surface area contributed by atoms with Crippen LogP contribution in [0, 0.1) is 6.92 Å². The van der Waals surface area contributed by atoms with E-state index in [2.05, 4.69) is 32.4 Å². The lowest BCUT2D eigenvalue weighted by Crippen LogP contribution is -2.15. The minimum atomic E-state index is -0.209. The first-order chi connectivity index (χ1) is 11.1. The highest BCUT2D eigenvalue weighted by atomic mass is 32.2. The molecular formula is C13H17N5O2S3. The van der Waals surface area contributed by atoms with Crippen molar-refractivity contribution < 1.29 is 4.79 Å². The largest absolute Gasteiger partial charge is 0.301 e. The van der Waals surface area contributed by atoms with Gasteiger partial charge in [0.05, 0.1) is 11.4 Å². The number of thioether (sulfide) groups is 2. The summed E-state index contributed by atoms with van der Waals surface area (Å²) >= 11 is 4.24. The van der Waals surface area contributed by atoms with Gasteiger partial charge in [0, 0.05) is 11.8 Å². The maximum atomic E-state index is 11.9. The predicted molar refractivity (Wildman–Crippen MR) is 95.3 cm³/mol. The number of rotatable bonds is 8. The summed E-state index contributed by atoms with van der Waals surface area (Å²) in [6.45, 7) is 3.93. The van der Waals surface area contributed by atoms with E-state index >= 15 is 0 Å². The summed E-state index contributed by atoms with van der Waals surface area (Å²) in [7, 11) is 0. The van der Waals surface area contributed by atoms with Crippen molar-refractivity contribution in [2.45, 2.75) is 31.2 Å². The summed E-state index contributed by atoms with van der Waals surface area (Å²) in [6.07, 6.45) is 1.08. The Kier molecular flexibility index (Phi) is 7.06. The zero-order chi connectivity index (χ0) is 16.7. The number of carbonyl (C=O) groups excluding carboxylic acids is 1. The van der Waals surface area contributed by atoms with E-state index in [-0.39, 0.29) is 17.2 Å². The third-order valence-electron chi connectivity index (χ3n) is 2.48. The van der Waals surface area contributed by atoms with Gasteiger partial charge in [-0.2, -0.15) is 11.8 Å². The number of aryl methyl sites for hydroxylation is 1. The summed E-state index contributed by atoms with van der Waals surface area (Å²) < 4.78 is 0. The molecule has 124 valence electrons. The van der Waals surface area contributed by atoms with Crippen molar-refractivity contribution in [2.24, 2.45) is 0 Å². The molecule has 2 rings (SSSR count). The molecule has 1 amide bonds. The molecule has 0 bridgehead atoms. The van der Waals surface area contributed by atoms with Crippen LogP contribution in [0.4, 0.5) is 5.13 Å². The quantitative estimate of drug-likeness (QED) is 0.417. The second kappa shape index (κ2) is 9.04. The molecular weight excluding hydrogens is 354 g/mol.